The molecule has 0 unspecified atom stereocenters. The van der Waals surface area contributed by atoms with E-state index in [1.807, 2.05) is 30.3 Å². The number of nitrogens with one attached hydrogen (secondary N) is 1. The van der Waals surface area contributed by atoms with Gasteiger partial charge < -0.3 is 11.1 Å². The number of amides is 1. The predicted molar refractivity (Wildman–Crippen MR) is 85.6 cm³/mol. The number of carbonyl (C=O) groups excluding carboxylic acids is 1. The van der Waals surface area contributed by atoms with Crippen LogP contribution in [0.3, 0.4) is 0 Å². The largest absolute Gasteiger partial charge is 0.398 e. The van der Waals surface area contributed by atoms with Crippen molar-refractivity contribution in [3.05, 3.63) is 58.4 Å². The van der Waals surface area contributed by atoms with Crippen LogP contribution in [0.25, 0.3) is 10.1 Å². The number of carbonyl (C=O) groups is 1. The van der Waals surface area contributed by atoms with Gasteiger partial charge in [0, 0.05) is 10.4 Å². The number of thiophene rings is 1. The molecule has 0 saturated heterocycles. The molecule has 0 fully saturated rings. The highest BCUT2D eigenvalue weighted by molar-refractivity contribution is 7.20. The molecule has 3 N–H and O–H groups in total. The molecule has 0 atom stereocenters. The van der Waals surface area contributed by atoms with E-state index in [2.05, 4.69) is 5.32 Å². The lowest BCUT2D eigenvalue weighted by molar-refractivity contribution is 0.103. The Morgan fingerprint density at radius 3 is 2.70 bits per heavy atom. The number of rotatable bonds is 2. The Morgan fingerprint density at radius 2 is 1.95 bits per heavy atom. The summed E-state index contributed by atoms with van der Waals surface area (Å²) in [6.07, 6.45) is 0. The van der Waals surface area contributed by atoms with E-state index in [9.17, 15) is 4.79 Å². The highest BCUT2D eigenvalue weighted by Crippen LogP contribution is 2.27. The van der Waals surface area contributed by atoms with E-state index >= 15 is 0 Å². The van der Waals surface area contributed by atoms with Crippen LogP contribution >= 0.6 is 22.9 Å². The number of benzene rings is 2. The van der Waals surface area contributed by atoms with Crippen molar-refractivity contribution in [1.82, 2.24) is 0 Å². The highest BCUT2D eigenvalue weighted by Gasteiger charge is 2.10. The summed E-state index contributed by atoms with van der Waals surface area (Å²) in [5.74, 6) is -0.146. The van der Waals surface area contributed by atoms with E-state index in [0.717, 1.165) is 10.1 Å². The second-order valence-corrected chi connectivity index (χ2v) is 5.83. The molecule has 5 heteroatoms. The number of nitrogen functional groups attached to an aromatic ring is 1. The van der Waals surface area contributed by atoms with E-state index in [1.165, 1.54) is 11.3 Å². The van der Waals surface area contributed by atoms with E-state index in [-0.39, 0.29) is 5.91 Å². The van der Waals surface area contributed by atoms with Gasteiger partial charge in [0.25, 0.3) is 5.91 Å². The normalized spacial score (nSPS) is 10.7. The lowest BCUT2D eigenvalue weighted by Crippen LogP contribution is -2.10. The number of nitrogens with two attached hydrogens (primary N) is 1. The van der Waals surface area contributed by atoms with Crippen LogP contribution < -0.4 is 11.1 Å². The lowest BCUT2D eigenvalue weighted by atomic mass is 10.2. The minimum atomic E-state index is -0.146. The SMILES string of the molecule is Nc1ccc(NC(=O)c2cc3ccccc3s2)cc1Cl. The molecular formula is C15H11ClN2OS. The zero-order valence-corrected chi connectivity index (χ0v) is 12.0. The summed E-state index contributed by atoms with van der Waals surface area (Å²) in [7, 11) is 0. The van der Waals surface area contributed by atoms with Gasteiger partial charge in [0.15, 0.2) is 0 Å². The second kappa shape index (κ2) is 5.15. The maximum Gasteiger partial charge on any atom is 0.265 e. The van der Waals surface area contributed by atoms with E-state index < -0.39 is 0 Å². The maximum atomic E-state index is 12.2. The number of halogens is 1. The maximum absolute atomic E-state index is 12.2. The van der Waals surface area contributed by atoms with Gasteiger partial charge in [-0.1, -0.05) is 29.8 Å². The van der Waals surface area contributed by atoms with Crippen LogP contribution in [0.15, 0.2) is 48.5 Å². The molecule has 0 spiro atoms. The monoisotopic (exact) mass is 302 g/mol. The van der Waals surface area contributed by atoms with Crippen molar-refractivity contribution < 1.29 is 4.79 Å². The molecule has 0 aliphatic rings. The van der Waals surface area contributed by atoms with Crippen LogP contribution in [0.4, 0.5) is 11.4 Å². The molecule has 3 nitrogen and oxygen atoms in total. The van der Waals surface area contributed by atoms with Gasteiger partial charge in [0.2, 0.25) is 0 Å². The Morgan fingerprint density at radius 1 is 1.15 bits per heavy atom. The van der Waals surface area contributed by atoms with Gasteiger partial charge in [-0.3, -0.25) is 4.79 Å². The summed E-state index contributed by atoms with van der Waals surface area (Å²) in [4.78, 5) is 12.9. The van der Waals surface area contributed by atoms with Crippen LogP contribution in [0.5, 0.6) is 0 Å². The van der Waals surface area contributed by atoms with Gasteiger partial charge in [-0.2, -0.15) is 0 Å². The van der Waals surface area contributed by atoms with Crippen molar-refractivity contribution in [2.75, 3.05) is 11.1 Å². The number of hydrogen-bond acceptors (Lipinski definition) is 3. The third kappa shape index (κ3) is 2.48. The quantitative estimate of drug-likeness (QED) is 0.690. The van der Waals surface area contributed by atoms with Gasteiger partial charge in [-0.25, -0.2) is 0 Å². The van der Waals surface area contributed by atoms with Gasteiger partial charge in [-0.05, 0) is 35.7 Å². The molecule has 0 aliphatic heterocycles. The van der Waals surface area contributed by atoms with Crippen molar-refractivity contribution >= 4 is 50.3 Å². The van der Waals surface area contributed by atoms with Gasteiger partial charge in [0.1, 0.15) is 0 Å². The number of hydrogen-bond donors (Lipinski definition) is 2. The number of fused-ring (bicyclic) bond motifs is 1. The first-order chi connectivity index (χ1) is 9.63. The van der Waals surface area contributed by atoms with Crippen molar-refractivity contribution in [2.45, 2.75) is 0 Å². The average molecular weight is 303 g/mol. The second-order valence-electron chi connectivity index (χ2n) is 4.34. The third-order valence-corrected chi connectivity index (χ3v) is 4.35. The van der Waals surface area contributed by atoms with Crippen molar-refractivity contribution in [3.8, 4) is 0 Å². The molecule has 0 saturated carbocycles. The molecule has 0 bridgehead atoms. The summed E-state index contributed by atoms with van der Waals surface area (Å²) < 4.78 is 1.09. The Hall–Kier alpha value is -2.04. The summed E-state index contributed by atoms with van der Waals surface area (Å²) in [6, 6.07) is 14.8. The molecule has 0 aliphatic carbocycles. The minimum absolute atomic E-state index is 0.146. The Kier molecular flexibility index (Phi) is 3.34. The predicted octanol–water partition coefficient (Wildman–Crippen LogP) is 4.39. The molecule has 2 aromatic carbocycles. The van der Waals surface area contributed by atoms with Gasteiger partial charge in [-0.15, -0.1) is 11.3 Å². The number of anilines is 2. The summed E-state index contributed by atoms with van der Waals surface area (Å²) >= 11 is 7.40. The van der Waals surface area contributed by atoms with Crippen LogP contribution in [-0.2, 0) is 0 Å². The highest BCUT2D eigenvalue weighted by atomic mass is 35.5. The molecule has 1 amide bonds. The van der Waals surface area contributed by atoms with Crippen LogP contribution in [0.2, 0.25) is 5.02 Å². The fourth-order valence-corrected chi connectivity index (χ4v) is 3.03. The first kappa shape index (κ1) is 13.0. The fraction of sp³-hybridized carbons (Fsp3) is 0. The Labute approximate surface area is 125 Å². The first-order valence-electron chi connectivity index (χ1n) is 5.98. The molecular weight excluding hydrogens is 292 g/mol. The minimum Gasteiger partial charge on any atom is -0.398 e. The zero-order chi connectivity index (χ0) is 14.1. The van der Waals surface area contributed by atoms with Crippen LogP contribution in [0.1, 0.15) is 9.67 Å². The average Bonchev–Trinajstić information content (AvgIpc) is 2.87. The molecule has 1 heterocycles. The van der Waals surface area contributed by atoms with Gasteiger partial charge in [0.05, 0.1) is 15.6 Å². The van der Waals surface area contributed by atoms with Crippen LogP contribution in [0, 0.1) is 0 Å². The molecule has 3 aromatic rings. The van der Waals surface area contributed by atoms with Crippen LogP contribution in [-0.4, -0.2) is 5.91 Å². The summed E-state index contributed by atoms with van der Waals surface area (Å²) in [6.45, 7) is 0. The molecule has 0 radical (unpaired) electrons. The summed E-state index contributed by atoms with van der Waals surface area (Å²) in [5, 5.41) is 4.32. The lowest BCUT2D eigenvalue weighted by Gasteiger charge is -2.05. The van der Waals surface area contributed by atoms with Crippen molar-refractivity contribution in [2.24, 2.45) is 0 Å². The van der Waals surface area contributed by atoms with E-state index in [1.54, 1.807) is 18.2 Å². The van der Waals surface area contributed by atoms with Crippen molar-refractivity contribution in [3.63, 3.8) is 0 Å². The third-order valence-electron chi connectivity index (χ3n) is 2.91. The smallest absolute Gasteiger partial charge is 0.265 e. The molecule has 3 rings (SSSR count). The zero-order valence-electron chi connectivity index (χ0n) is 10.4. The fourth-order valence-electron chi connectivity index (χ4n) is 1.89. The topological polar surface area (TPSA) is 55.1 Å². The summed E-state index contributed by atoms with van der Waals surface area (Å²) in [5.41, 5.74) is 6.76. The Balaban J connectivity index is 1.86. The van der Waals surface area contributed by atoms with Gasteiger partial charge >= 0.3 is 0 Å². The van der Waals surface area contributed by atoms with Crippen molar-refractivity contribution in [1.29, 1.82) is 0 Å². The Bertz CT molecular complexity index is 764. The first-order valence-corrected chi connectivity index (χ1v) is 7.18. The molecule has 20 heavy (non-hydrogen) atoms. The molecule has 1 aromatic heterocycles. The van der Waals surface area contributed by atoms with E-state index in [4.69, 9.17) is 17.3 Å². The molecule has 100 valence electrons. The standard InChI is InChI=1S/C15H11ClN2OS/c16-11-8-10(5-6-12(11)17)18-15(19)14-7-9-3-1-2-4-13(9)20-14/h1-8H,17H2,(H,18,19). The van der Waals surface area contributed by atoms with E-state index in [0.29, 0.717) is 21.3 Å².